The Morgan fingerprint density at radius 1 is 1.53 bits per heavy atom. The molecule has 0 amide bonds. The summed E-state index contributed by atoms with van der Waals surface area (Å²) in [6.07, 6.45) is 3.87. The van der Waals surface area contributed by atoms with Gasteiger partial charge in [-0.05, 0) is 20.8 Å². The highest BCUT2D eigenvalue weighted by molar-refractivity contribution is 4.95. The molecule has 96 valence electrons. The smallest absolute Gasteiger partial charge is 0.0967 e. The quantitative estimate of drug-likeness (QED) is 0.751. The molecule has 0 aromatic carbocycles. The maximum absolute atomic E-state index is 5.48. The van der Waals surface area contributed by atoms with Gasteiger partial charge in [0.05, 0.1) is 12.2 Å². The summed E-state index contributed by atoms with van der Waals surface area (Å²) in [5.74, 6) is 0. The van der Waals surface area contributed by atoms with Gasteiger partial charge < -0.3 is 5.73 Å². The second-order valence-corrected chi connectivity index (χ2v) is 5.10. The third kappa shape index (κ3) is 4.28. The van der Waals surface area contributed by atoms with Gasteiger partial charge in [0.2, 0.25) is 0 Å². The lowest BCUT2D eigenvalue weighted by atomic mass is 10.1. The number of aromatic nitrogens is 3. The number of rotatable bonds is 6. The topological polar surface area (TPSA) is 60.0 Å². The molecule has 0 spiro atoms. The number of nitrogens with zero attached hydrogens (tertiary/aromatic N) is 4. The lowest BCUT2D eigenvalue weighted by molar-refractivity contribution is 0.143. The van der Waals surface area contributed by atoms with Crippen LogP contribution in [-0.2, 0) is 13.1 Å². The van der Waals surface area contributed by atoms with Gasteiger partial charge in [-0.25, -0.2) is 0 Å². The average molecular weight is 237 g/mol. The van der Waals surface area contributed by atoms with Gasteiger partial charge in [-0.1, -0.05) is 11.3 Å². The fraction of sp³-hybridized carbons (Fsp3) is 0.667. The van der Waals surface area contributed by atoms with Crippen molar-refractivity contribution in [3.8, 4) is 0 Å². The number of nitrogens with two attached hydrogens (primary N) is 1. The molecule has 0 aliphatic rings. The Balaban J connectivity index is 2.68. The Bertz CT molecular complexity index is 350. The first-order chi connectivity index (χ1) is 7.97. The second kappa shape index (κ2) is 5.93. The van der Waals surface area contributed by atoms with E-state index in [9.17, 15) is 0 Å². The van der Waals surface area contributed by atoms with Crippen LogP contribution in [0.25, 0.3) is 0 Å². The van der Waals surface area contributed by atoms with Crippen LogP contribution in [0.5, 0.6) is 0 Å². The third-order valence-corrected chi connectivity index (χ3v) is 2.60. The van der Waals surface area contributed by atoms with E-state index in [0.29, 0.717) is 13.1 Å². The van der Waals surface area contributed by atoms with Crippen molar-refractivity contribution in [1.29, 1.82) is 0 Å². The summed E-state index contributed by atoms with van der Waals surface area (Å²) >= 11 is 0. The maximum Gasteiger partial charge on any atom is 0.0967 e. The fourth-order valence-electron chi connectivity index (χ4n) is 1.58. The SMILES string of the molecule is C=CCN(Cc1cn(CCN)nn1)C(C)(C)C. The highest BCUT2D eigenvalue weighted by atomic mass is 15.4. The van der Waals surface area contributed by atoms with Crippen molar-refractivity contribution in [2.75, 3.05) is 13.1 Å². The minimum Gasteiger partial charge on any atom is -0.329 e. The average Bonchev–Trinajstić information content (AvgIpc) is 2.64. The van der Waals surface area contributed by atoms with Crippen LogP contribution >= 0.6 is 0 Å². The van der Waals surface area contributed by atoms with Crippen molar-refractivity contribution >= 4 is 0 Å². The molecule has 0 bridgehead atoms. The standard InChI is InChI=1S/C12H23N5/c1-5-7-16(12(2,3)4)9-11-10-17(8-6-13)15-14-11/h5,10H,1,6-9,13H2,2-4H3. The molecule has 0 saturated carbocycles. The summed E-state index contributed by atoms with van der Waals surface area (Å²) < 4.78 is 1.78. The molecule has 0 saturated heterocycles. The highest BCUT2D eigenvalue weighted by Gasteiger charge is 2.21. The Morgan fingerprint density at radius 2 is 2.24 bits per heavy atom. The monoisotopic (exact) mass is 237 g/mol. The van der Waals surface area contributed by atoms with Crippen LogP contribution in [0.15, 0.2) is 18.9 Å². The lowest BCUT2D eigenvalue weighted by Gasteiger charge is -2.34. The second-order valence-electron chi connectivity index (χ2n) is 5.10. The summed E-state index contributed by atoms with van der Waals surface area (Å²) in [7, 11) is 0. The molecule has 1 aromatic heterocycles. The van der Waals surface area contributed by atoms with Gasteiger partial charge in [-0.15, -0.1) is 11.7 Å². The molecule has 2 N–H and O–H groups in total. The molecular weight excluding hydrogens is 214 g/mol. The first-order valence-corrected chi connectivity index (χ1v) is 5.92. The van der Waals surface area contributed by atoms with Crippen molar-refractivity contribution in [2.24, 2.45) is 5.73 Å². The van der Waals surface area contributed by atoms with Gasteiger partial charge in [0.15, 0.2) is 0 Å². The third-order valence-electron chi connectivity index (χ3n) is 2.60. The van der Waals surface area contributed by atoms with Crippen molar-refractivity contribution in [3.05, 3.63) is 24.5 Å². The summed E-state index contributed by atoms with van der Waals surface area (Å²) in [5, 5.41) is 8.19. The maximum atomic E-state index is 5.48. The van der Waals surface area contributed by atoms with Gasteiger partial charge in [0, 0.05) is 31.4 Å². The largest absolute Gasteiger partial charge is 0.329 e. The van der Waals surface area contributed by atoms with Crippen LogP contribution < -0.4 is 5.73 Å². The zero-order chi connectivity index (χ0) is 12.9. The van der Waals surface area contributed by atoms with Crippen molar-refractivity contribution < 1.29 is 0 Å². The molecule has 0 unspecified atom stereocenters. The van der Waals surface area contributed by atoms with Crippen LogP contribution in [-0.4, -0.2) is 38.5 Å². The fourth-order valence-corrected chi connectivity index (χ4v) is 1.58. The van der Waals surface area contributed by atoms with E-state index in [1.165, 1.54) is 0 Å². The summed E-state index contributed by atoms with van der Waals surface area (Å²) in [4.78, 5) is 2.30. The summed E-state index contributed by atoms with van der Waals surface area (Å²) in [5.41, 5.74) is 6.53. The van der Waals surface area contributed by atoms with Crippen LogP contribution in [0.3, 0.4) is 0 Å². The van der Waals surface area contributed by atoms with Crippen molar-refractivity contribution in [1.82, 2.24) is 19.9 Å². The first-order valence-electron chi connectivity index (χ1n) is 5.92. The molecule has 0 radical (unpaired) electrons. The molecule has 0 atom stereocenters. The van der Waals surface area contributed by atoms with Crippen LogP contribution in [0.2, 0.25) is 0 Å². The normalized spacial score (nSPS) is 12.1. The molecule has 5 heteroatoms. The van der Waals surface area contributed by atoms with E-state index < -0.39 is 0 Å². The summed E-state index contributed by atoms with van der Waals surface area (Å²) in [6, 6.07) is 0. The molecule has 0 aliphatic carbocycles. The van der Waals surface area contributed by atoms with E-state index in [2.05, 4.69) is 42.6 Å². The number of hydrogen-bond donors (Lipinski definition) is 1. The van der Waals surface area contributed by atoms with Crippen LogP contribution in [0, 0.1) is 0 Å². The molecule has 0 fully saturated rings. The zero-order valence-electron chi connectivity index (χ0n) is 11.1. The Labute approximate surface area is 103 Å². The highest BCUT2D eigenvalue weighted by Crippen LogP contribution is 2.15. The minimum atomic E-state index is 0.0891. The van der Waals surface area contributed by atoms with Gasteiger partial charge in [-0.3, -0.25) is 9.58 Å². The first kappa shape index (κ1) is 13.9. The Morgan fingerprint density at radius 3 is 2.76 bits per heavy atom. The van der Waals surface area contributed by atoms with Gasteiger partial charge in [0.25, 0.3) is 0 Å². The van der Waals surface area contributed by atoms with Crippen LogP contribution in [0.4, 0.5) is 0 Å². The van der Waals surface area contributed by atoms with E-state index in [4.69, 9.17) is 5.73 Å². The zero-order valence-corrected chi connectivity index (χ0v) is 11.1. The lowest BCUT2D eigenvalue weighted by Crippen LogP contribution is -2.40. The predicted molar refractivity (Wildman–Crippen MR) is 69.4 cm³/mol. The van der Waals surface area contributed by atoms with E-state index in [1.807, 2.05) is 12.3 Å². The van der Waals surface area contributed by atoms with Crippen molar-refractivity contribution in [2.45, 2.75) is 39.4 Å². The summed E-state index contributed by atoms with van der Waals surface area (Å²) in [6.45, 7) is 13.2. The molecule has 17 heavy (non-hydrogen) atoms. The van der Waals surface area contributed by atoms with Gasteiger partial charge >= 0.3 is 0 Å². The van der Waals surface area contributed by atoms with E-state index in [1.54, 1.807) is 4.68 Å². The minimum absolute atomic E-state index is 0.0891. The van der Waals surface area contributed by atoms with Gasteiger partial charge in [-0.2, -0.15) is 0 Å². The number of hydrogen-bond acceptors (Lipinski definition) is 4. The van der Waals surface area contributed by atoms with E-state index in [-0.39, 0.29) is 5.54 Å². The van der Waals surface area contributed by atoms with Gasteiger partial charge in [0.1, 0.15) is 0 Å². The molecule has 1 rings (SSSR count). The Kier molecular flexibility index (Phi) is 4.84. The van der Waals surface area contributed by atoms with Crippen molar-refractivity contribution in [3.63, 3.8) is 0 Å². The molecule has 1 aromatic rings. The van der Waals surface area contributed by atoms with E-state index in [0.717, 1.165) is 18.8 Å². The Hall–Kier alpha value is -1.20. The molecular formula is C12H23N5. The molecule has 1 heterocycles. The predicted octanol–water partition coefficient (Wildman–Crippen LogP) is 1.02. The van der Waals surface area contributed by atoms with Crippen LogP contribution in [0.1, 0.15) is 26.5 Å². The van der Waals surface area contributed by atoms with E-state index >= 15 is 0 Å². The molecule has 0 aliphatic heterocycles. The molecule has 5 nitrogen and oxygen atoms in total.